The number of nitrogens with zero attached hydrogens (tertiary/aromatic N) is 3. The van der Waals surface area contributed by atoms with Crippen molar-refractivity contribution in [2.24, 2.45) is 0 Å². The fourth-order valence-electron chi connectivity index (χ4n) is 4.40. The summed E-state index contributed by atoms with van der Waals surface area (Å²) in [5, 5.41) is 6.25. The van der Waals surface area contributed by atoms with Gasteiger partial charge in [-0.2, -0.15) is 0 Å². The number of fused-ring (bicyclic) bond motifs is 3. The molecule has 2 aliphatic heterocycles. The van der Waals surface area contributed by atoms with E-state index in [9.17, 15) is 9.59 Å². The van der Waals surface area contributed by atoms with Gasteiger partial charge in [-0.25, -0.2) is 4.98 Å². The fourth-order valence-corrected chi connectivity index (χ4v) is 4.40. The number of likely N-dealkylation sites (tertiary alicyclic amines) is 1. The van der Waals surface area contributed by atoms with E-state index >= 15 is 0 Å². The second kappa shape index (κ2) is 12.4. The highest BCUT2D eigenvalue weighted by molar-refractivity contribution is 5.95. The Morgan fingerprint density at radius 3 is 2.65 bits per heavy atom. The number of nitrogens with one attached hydrogen (secondary N) is 2. The largest absolute Gasteiger partial charge is 0.491 e. The summed E-state index contributed by atoms with van der Waals surface area (Å²) < 4.78 is 5.97. The van der Waals surface area contributed by atoms with Crippen molar-refractivity contribution in [3.05, 3.63) is 48.2 Å². The highest BCUT2D eigenvalue weighted by Gasteiger charge is 2.21. The van der Waals surface area contributed by atoms with Crippen molar-refractivity contribution < 1.29 is 14.3 Å². The van der Waals surface area contributed by atoms with E-state index in [2.05, 4.69) is 20.5 Å². The van der Waals surface area contributed by atoms with Crippen molar-refractivity contribution in [3.63, 3.8) is 0 Å². The Kier molecular flexibility index (Phi) is 8.73. The summed E-state index contributed by atoms with van der Waals surface area (Å²) in [7, 11) is 0. The zero-order valence-electron chi connectivity index (χ0n) is 19.8. The first kappa shape index (κ1) is 24.0. The highest BCUT2D eigenvalue weighted by atomic mass is 16.5. The molecule has 182 valence electrons. The number of para-hydroxylation sites is 2. The van der Waals surface area contributed by atoms with E-state index in [1.165, 1.54) is 19.3 Å². The van der Waals surface area contributed by atoms with Gasteiger partial charge >= 0.3 is 0 Å². The van der Waals surface area contributed by atoms with E-state index in [1.54, 1.807) is 17.0 Å². The number of anilines is 2. The molecule has 0 spiro atoms. The van der Waals surface area contributed by atoms with E-state index in [1.807, 2.05) is 30.3 Å². The minimum atomic E-state index is -0.226. The predicted molar refractivity (Wildman–Crippen MR) is 133 cm³/mol. The normalized spacial score (nSPS) is 17.6. The second-order valence-electron chi connectivity index (χ2n) is 8.92. The van der Waals surface area contributed by atoms with Crippen molar-refractivity contribution >= 4 is 23.3 Å². The molecule has 2 aromatic rings. The average Bonchev–Trinajstić information content (AvgIpc) is 2.86. The van der Waals surface area contributed by atoms with Crippen LogP contribution < -0.4 is 15.4 Å². The van der Waals surface area contributed by atoms with Gasteiger partial charge in [0.25, 0.3) is 5.91 Å². The molecule has 8 nitrogen and oxygen atoms in total. The van der Waals surface area contributed by atoms with Crippen molar-refractivity contribution in [2.45, 2.75) is 38.5 Å². The van der Waals surface area contributed by atoms with Crippen LogP contribution in [0.4, 0.5) is 11.5 Å². The third-order valence-corrected chi connectivity index (χ3v) is 6.27. The van der Waals surface area contributed by atoms with Gasteiger partial charge < -0.3 is 25.2 Å². The maximum Gasteiger partial charge on any atom is 0.273 e. The van der Waals surface area contributed by atoms with Gasteiger partial charge in [-0.1, -0.05) is 24.6 Å². The van der Waals surface area contributed by atoms with Gasteiger partial charge in [0, 0.05) is 19.6 Å². The summed E-state index contributed by atoms with van der Waals surface area (Å²) in [5.74, 6) is 0.972. The third kappa shape index (κ3) is 6.93. The second-order valence-corrected chi connectivity index (χ2v) is 8.92. The van der Waals surface area contributed by atoms with Gasteiger partial charge in [-0.3, -0.25) is 9.59 Å². The predicted octanol–water partition coefficient (Wildman–Crippen LogP) is 3.43. The quantitative estimate of drug-likeness (QED) is 0.704. The standard InChI is InChI=1S/C26H35N5O3/c32-25(27-14-18-30-15-5-1-6-16-30)20-31-17-7-2-8-19-34-23-12-4-3-10-21(23)28-24-13-9-11-22(29-24)26(31)33/h3-4,9-13H,1-2,5-8,14-20H2,(H,27,32)(H,28,29). The lowest BCUT2D eigenvalue weighted by atomic mass is 10.1. The van der Waals surface area contributed by atoms with E-state index in [4.69, 9.17) is 4.74 Å². The van der Waals surface area contributed by atoms with Crippen molar-refractivity contribution in [1.29, 1.82) is 0 Å². The van der Waals surface area contributed by atoms with Crippen LogP contribution in [0.3, 0.4) is 0 Å². The molecule has 0 radical (unpaired) electrons. The molecular weight excluding hydrogens is 430 g/mol. The molecule has 0 saturated carbocycles. The molecule has 34 heavy (non-hydrogen) atoms. The van der Waals surface area contributed by atoms with E-state index in [-0.39, 0.29) is 18.4 Å². The number of hydrogen-bond donors (Lipinski definition) is 2. The molecule has 1 saturated heterocycles. The molecule has 1 aromatic carbocycles. The van der Waals surface area contributed by atoms with Crippen LogP contribution in [0.5, 0.6) is 5.75 Å². The first-order chi connectivity index (χ1) is 16.7. The van der Waals surface area contributed by atoms with Crippen LogP contribution in [0.25, 0.3) is 0 Å². The van der Waals surface area contributed by atoms with Crippen LogP contribution in [0.1, 0.15) is 49.0 Å². The number of piperidine rings is 1. The zero-order chi connectivity index (χ0) is 23.6. The van der Waals surface area contributed by atoms with Crippen LogP contribution in [-0.2, 0) is 4.79 Å². The van der Waals surface area contributed by atoms with Gasteiger partial charge in [0.1, 0.15) is 17.3 Å². The third-order valence-electron chi connectivity index (χ3n) is 6.27. The molecule has 0 aliphatic carbocycles. The number of rotatable bonds is 5. The molecule has 0 atom stereocenters. The Labute approximate surface area is 201 Å². The molecule has 2 bridgehead atoms. The summed E-state index contributed by atoms with van der Waals surface area (Å²) >= 11 is 0. The topological polar surface area (TPSA) is 86.8 Å². The van der Waals surface area contributed by atoms with Gasteiger partial charge in [0.15, 0.2) is 0 Å². The summed E-state index contributed by atoms with van der Waals surface area (Å²) in [4.78, 5) is 34.5. The fraction of sp³-hybridized carbons (Fsp3) is 0.500. The molecule has 2 aliphatic rings. The number of hydrogen-bond acceptors (Lipinski definition) is 6. The van der Waals surface area contributed by atoms with E-state index in [0.29, 0.717) is 31.2 Å². The van der Waals surface area contributed by atoms with Crippen molar-refractivity contribution in [1.82, 2.24) is 20.1 Å². The molecule has 8 heteroatoms. The molecular formula is C26H35N5O3. The summed E-state index contributed by atoms with van der Waals surface area (Å²) in [5.41, 5.74) is 1.13. The number of ether oxygens (including phenoxy) is 1. The molecule has 2 N–H and O–H groups in total. The maximum absolute atomic E-state index is 13.3. The molecule has 0 unspecified atom stereocenters. The average molecular weight is 466 g/mol. The molecule has 3 heterocycles. The van der Waals surface area contributed by atoms with Gasteiger partial charge in [-0.15, -0.1) is 0 Å². The molecule has 1 fully saturated rings. The number of carbonyl (C=O) groups is 2. The smallest absolute Gasteiger partial charge is 0.273 e. The zero-order valence-corrected chi connectivity index (χ0v) is 19.8. The highest BCUT2D eigenvalue weighted by Crippen LogP contribution is 2.27. The summed E-state index contributed by atoms with van der Waals surface area (Å²) in [6.07, 6.45) is 6.34. The number of pyridine rings is 1. The lowest BCUT2D eigenvalue weighted by Gasteiger charge is -2.27. The van der Waals surface area contributed by atoms with Gasteiger partial charge in [0.05, 0.1) is 18.8 Å². The SMILES string of the molecule is O=C(CN1CCCCCOc2ccccc2Nc2cccc(n2)C1=O)NCCN1CCCCC1. The lowest BCUT2D eigenvalue weighted by molar-refractivity contribution is -0.121. The summed E-state index contributed by atoms with van der Waals surface area (Å²) in [6.45, 7) is 4.81. The Morgan fingerprint density at radius 1 is 0.971 bits per heavy atom. The molecule has 1 aromatic heterocycles. The number of benzene rings is 1. The number of aromatic nitrogens is 1. The monoisotopic (exact) mass is 465 g/mol. The summed E-state index contributed by atoms with van der Waals surface area (Å²) in [6, 6.07) is 13.0. The van der Waals surface area contributed by atoms with Crippen LogP contribution in [-0.4, -0.2) is 72.5 Å². The Hall–Kier alpha value is -3.13. The van der Waals surface area contributed by atoms with Crippen LogP contribution in [0.15, 0.2) is 42.5 Å². The number of carbonyl (C=O) groups excluding carboxylic acids is 2. The van der Waals surface area contributed by atoms with E-state index in [0.717, 1.165) is 50.3 Å². The Bertz CT molecular complexity index is 961. The van der Waals surface area contributed by atoms with Gasteiger partial charge in [0.2, 0.25) is 5.91 Å². The minimum absolute atomic E-state index is 0.0392. The Balaban J connectivity index is 1.42. The number of amides is 2. The minimum Gasteiger partial charge on any atom is -0.491 e. The van der Waals surface area contributed by atoms with Gasteiger partial charge in [-0.05, 0) is 69.5 Å². The van der Waals surface area contributed by atoms with Crippen molar-refractivity contribution in [2.75, 3.05) is 51.2 Å². The molecule has 4 rings (SSSR count). The van der Waals surface area contributed by atoms with Crippen LogP contribution in [0, 0.1) is 0 Å². The lowest BCUT2D eigenvalue weighted by Crippen LogP contribution is -2.44. The first-order valence-electron chi connectivity index (χ1n) is 12.4. The molecule has 2 amide bonds. The first-order valence-corrected chi connectivity index (χ1v) is 12.4. The maximum atomic E-state index is 13.3. The van der Waals surface area contributed by atoms with E-state index < -0.39 is 0 Å². The van der Waals surface area contributed by atoms with Crippen LogP contribution >= 0.6 is 0 Å². The van der Waals surface area contributed by atoms with Crippen LogP contribution in [0.2, 0.25) is 0 Å². The van der Waals surface area contributed by atoms with Crippen molar-refractivity contribution in [3.8, 4) is 5.75 Å². The Morgan fingerprint density at radius 2 is 1.76 bits per heavy atom.